The lowest BCUT2D eigenvalue weighted by molar-refractivity contribution is -0.137. The van der Waals surface area contributed by atoms with Crippen molar-refractivity contribution < 1.29 is 9.90 Å². The molecule has 5 nitrogen and oxygen atoms in total. The van der Waals surface area contributed by atoms with E-state index in [9.17, 15) is 4.79 Å². The Balaban J connectivity index is 2.02. The Morgan fingerprint density at radius 3 is 3.00 bits per heavy atom. The highest BCUT2D eigenvalue weighted by molar-refractivity contribution is 7.10. The van der Waals surface area contributed by atoms with Crippen molar-refractivity contribution in [2.45, 2.75) is 25.9 Å². The van der Waals surface area contributed by atoms with Crippen LogP contribution in [-0.2, 0) is 11.3 Å². The van der Waals surface area contributed by atoms with Crippen LogP contribution in [0.25, 0.3) is 0 Å². The molecule has 100 valence electrons. The first-order chi connectivity index (χ1) is 9.15. The van der Waals surface area contributed by atoms with E-state index in [4.69, 9.17) is 5.11 Å². The summed E-state index contributed by atoms with van der Waals surface area (Å²) < 4.78 is 0. The molecule has 0 aromatic carbocycles. The summed E-state index contributed by atoms with van der Waals surface area (Å²) in [6, 6.07) is 5.50. The van der Waals surface area contributed by atoms with Gasteiger partial charge in [0.25, 0.3) is 0 Å². The monoisotopic (exact) mass is 277 g/mol. The number of aryl methyl sites for hydroxylation is 1. The molecule has 1 atom stereocenters. The number of hydrogen-bond acceptors (Lipinski definition) is 5. The molecular weight excluding hydrogens is 262 g/mol. The van der Waals surface area contributed by atoms with E-state index in [-0.39, 0.29) is 12.5 Å². The predicted octanol–water partition coefficient (Wildman–Crippen LogP) is 2.15. The lowest BCUT2D eigenvalue weighted by Crippen LogP contribution is -2.23. The highest BCUT2D eigenvalue weighted by Gasteiger charge is 2.16. The number of hydrogen-bond donors (Lipinski definition) is 2. The van der Waals surface area contributed by atoms with Gasteiger partial charge in [0.15, 0.2) is 0 Å². The number of nitrogens with one attached hydrogen (secondary N) is 1. The van der Waals surface area contributed by atoms with E-state index >= 15 is 0 Å². The first-order valence-corrected chi connectivity index (χ1v) is 6.80. The van der Waals surface area contributed by atoms with Crippen LogP contribution < -0.4 is 5.32 Å². The maximum atomic E-state index is 10.9. The van der Waals surface area contributed by atoms with Crippen molar-refractivity contribution in [3.05, 3.63) is 46.2 Å². The number of carboxylic acids is 1. The van der Waals surface area contributed by atoms with Crippen molar-refractivity contribution in [3.63, 3.8) is 0 Å². The van der Waals surface area contributed by atoms with Crippen LogP contribution in [0.5, 0.6) is 0 Å². The van der Waals surface area contributed by atoms with Crippen LogP contribution in [0.2, 0.25) is 0 Å². The van der Waals surface area contributed by atoms with E-state index < -0.39 is 5.97 Å². The third kappa shape index (κ3) is 4.11. The Morgan fingerprint density at radius 1 is 1.53 bits per heavy atom. The Morgan fingerprint density at radius 2 is 2.37 bits per heavy atom. The number of carboxylic acid groups (broad SMARTS) is 1. The fourth-order valence-electron chi connectivity index (χ4n) is 1.77. The molecule has 0 aliphatic rings. The van der Waals surface area contributed by atoms with Crippen LogP contribution in [0, 0.1) is 6.92 Å². The summed E-state index contributed by atoms with van der Waals surface area (Å²) in [5.41, 5.74) is 0.861. The van der Waals surface area contributed by atoms with Gasteiger partial charge in [-0.3, -0.25) is 4.79 Å². The van der Waals surface area contributed by atoms with Crippen molar-refractivity contribution in [1.82, 2.24) is 15.3 Å². The van der Waals surface area contributed by atoms with Gasteiger partial charge in [-0.05, 0) is 24.4 Å². The summed E-state index contributed by atoms with van der Waals surface area (Å²) in [5, 5.41) is 14.1. The van der Waals surface area contributed by atoms with E-state index in [1.165, 1.54) is 0 Å². The van der Waals surface area contributed by atoms with Crippen molar-refractivity contribution >= 4 is 17.3 Å². The van der Waals surface area contributed by atoms with Gasteiger partial charge in [0.05, 0.1) is 18.2 Å². The number of thiophene rings is 1. The van der Waals surface area contributed by atoms with Gasteiger partial charge in [-0.1, -0.05) is 6.07 Å². The predicted molar refractivity (Wildman–Crippen MR) is 72.9 cm³/mol. The highest BCUT2D eigenvalue weighted by Crippen LogP contribution is 2.22. The minimum absolute atomic E-state index is 0.0601. The van der Waals surface area contributed by atoms with Gasteiger partial charge in [-0.15, -0.1) is 11.3 Å². The largest absolute Gasteiger partial charge is 0.481 e. The zero-order chi connectivity index (χ0) is 13.7. The number of aromatic nitrogens is 2. The number of rotatable bonds is 6. The van der Waals surface area contributed by atoms with E-state index in [0.29, 0.717) is 12.4 Å². The number of nitrogens with zero attached hydrogens (tertiary/aromatic N) is 2. The molecule has 0 fully saturated rings. The zero-order valence-corrected chi connectivity index (χ0v) is 11.4. The normalized spacial score (nSPS) is 12.3. The minimum atomic E-state index is -0.815. The van der Waals surface area contributed by atoms with Crippen LogP contribution in [0.3, 0.4) is 0 Å². The van der Waals surface area contributed by atoms with Gasteiger partial charge >= 0.3 is 5.97 Å². The molecule has 2 aromatic rings. The lowest BCUT2D eigenvalue weighted by atomic mass is 10.1. The average molecular weight is 277 g/mol. The maximum Gasteiger partial charge on any atom is 0.305 e. The van der Waals surface area contributed by atoms with Crippen LogP contribution in [-0.4, -0.2) is 21.0 Å². The molecule has 0 aliphatic carbocycles. The Hall–Kier alpha value is -1.79. The molecule has 0 aliphatic heterocycles. The maximum absolute atomic E-state index is 10.9. The SMILES string of the molecule is Cc1nccc(CNC(CC(=O)O)c2cccs2)n1. The molecule has 6 heteroatoms. The number of aliphatic carboxylic acids is 1. The molecule has 0 saturated heterocycles. The highest BCUT2D eigenvalue weighted by atomic mass is 32.1. The Labute approximate surface area is 115 Å². The standard InChI is InChI=1S/C13H15N3O2S/c1-9-14-5-4-10(16-9)8-15-11(7-13(17)18)12-3-2-6-19-12/h2-6,11,15H,7-8H2,1H3,(H,17,18). The Bertz CT molecular complexity index is 543. The second-order valence-corrected chi connectivity index (χ2v) is 5.12. The molecule has 2 aromatic heterocycles. The summed E-state index contributed by atoms with van der Waals surface area (Å²) in [7, 11) is 0. The molecule has 2 N–H and O–H groups in total. The van der Waals surface area contributed by atoms with Gasteiger partial charge in [-0.2, -0.15) is 0 Å². The molecule has 0 saturated carbocycles. The van der Waals surface area contributed by atoms with Crippen molar-refractivity contribution in [2.24, 2.45) is 0 Å². The molecule has 2 rings (SSSR count). The molecule has 2 heterocycles. The second kappa shape index (κ2) is 6.40. The van der Waals surface area contributed by atoms with E-state index in [2.05, 4.69) is 15.3 Å². The molecule has 0 bridgehead atoms. The van der Waals surface area contributed by atoms with Gasteiger partial charge in [0.2, 0.25) is 0 Å². The second-order valence-electron chi connectivity index (χ2n) is 4.14. The van der Waals surface area contributed by atoms with Gasteiger partial charge in [-0.25, -0.2) is 9.97 Å². The smallest absolute Gasteiger partial charge is 0.305 e. The lowest BCUT2D eigenvalue weighted by Gasteiger charge is -2.15. The summed E-state index contributed by atoms with van der Waals surface area (Å²) in [6.45, 7) is 2.36. The number of carbonyl (C=O) groups is 1. The molecule has 19 heavy (non-hydrogen) atoms. The quantitative estimate of drug-likeness (QED) is 0.846. The topological polar surface area (TPSA) is 75.1 Å². The summed E-state index contributed by atoms with van der Waals surface area (Å²) in [4.78, 5) is 20.3. The Kier molecular flexibility index (Phi) is 4.59. The molecule has 1 unspecified atom stereocenters. The fourth-order valence-corrected chi connectivity index (χ4v) is 2.57. The van der Waals surface area contributed by atoms with E-state index in [0.717, 1.165) is 10.6 Å². The average Bonchev–Trinajstić information content (AvgIpc) is 2.88. The van der Waals surface area contributed by atoms with Gasteiger partial charge < -0.3 is 10.4 Å². The van der Waals surface area contributed by atoms with Crippen LogP contribution in [0.4, 0.5) is 0 Å². The fraction of sp³-hybridized carbons (Fsp3) is 0.308. The summed E-state index contributed by atoms with van der Waals surface area (Å²) in [5.74, 6) is -0.102. The first-order valence-electron chi connectivity index (χ1n) is 5.92. The van der Waals surface area contributed by atoms with Crippen LogP contribution in [0.15, 0.2) is 29.8 Å². The van der Waals surface area contributed by atoms with Crippen molar-refractivity contribution in [1.29, 1.82) is 0 Å². The third-order valence-corrected chi connectivity index (χ3v) is 3.61. The third-order valence-electron chi connectivity index (χ3n) is 2.63. The van der Waals surface area contributed by atoms with Crippen LogP contribution >= 0.6 is 11.3 Å². The molecule has 0 amide bonds. The van der Waals surface area contributed by atoms with Crippen molar-refractivity contribution in [2.75, 3.05) is 0 Å². The minimum Gasteiger partial charge on any atom is -0.481 e. The zero-order valence-electron chi connectivity index (χ0n) is 10.5. The molecular formula is C13H15N3O2S. The van der Waals surface area contributed by atoms with Crippen LogP contribution in [0.1, 0.15) is 28.9 Å². The molecule has 0 radical (unpaired) electrons. The van der Waals surface area contributed by atoms with Crippen molar-refractivity contribution in [3.8, 4) is 0 Å². The van der Waals surface area contributed by atoms with Gasteiger partial charge in [0.1, 0.15) is 5.82 Å². The van der Waals surface area contributed by atoms with Gasteiger partial charge in [0, 0.05) is 17.6 Å². The van der Waals surface area contributed by atoms with E-state index in [1.807, 2.05) is 30.5 Å². The summed E-state index contributed by atoms with van der Waals surface area (Å²) in [6.07, 6.45) is 1.77. The van der Waals surface area contributed by atoms with E-state index in [1.54, 1.807) is 17.5 Å². The first kappa shape index (κ1) is 13.6. The summed E-state index contributed by atoms with van der Waals surface area (Å²) >= 11 is 1.55. The molecule has 0 spiro atoms.